The van der Waals surface area contributed by atoms with Crippen molar-refractivity contribution in [1.29, 1.82) is 0 Å². The molecule has 0 fully saturated rings. The molecule has 0 bridgehead atoms. The fraction of sp³-hybridized carbons (Fsp3) is 0. The maximum Gasteiger partial charge on any atom is 0.357 e. The van der Waals surface area contributed by atoms with E-state index in [1.165, 1.54) is 10.9 Å². The van der Waals surface area contributed by atoms with E-state index < -0.39 is 5.97 Å². The van der Waals surface area contributed by atoms with E-state index >= 15 is 0 Å². The number of para-hydroxylation sites is 1. The molecular weight excluding hydrogens is 372 g/mol. The molecule has 0 aliphatic carbocycles. The van der Waals surface area contributed by atoms with Gasteiger partial charge < -0.3 is 5.11 Å². The molecule has 0 atom stereocenters. The van der Waals surface area contributed by atoms with E-state index in [0.29, 0.717) is 5.56 Å². The van der Waals surface area contributed by atoms with Crippen molar-refractivity contribution in [2.45, 2.75) is 0 Å². The van der Waals surface area contributed by atoms with Crippen LogP contribution in [0, 0.1) is 0 Å². The van der Waals surface area contributed by atoms with Gasteiger partial charge in [0.25, 0.3) is 0 Å². The third-order valence-electron chi connectivity index (χ3n) is 3.21. The molecule has 3 aromatic rings. The minimum absolute atomic E-state index is 0.0588. The van der Waals surface area contributed by atoms with Crippen molar-refractivity contribution in [1.82, 2.24) is 9.78 Å². The van der Waals surface area contributed by atoms with Crippen LogP contribution in [-0.4, -0.2) is 27.1 Å². The van der Waals surface area contributed by atoms with Gasteiger partial charge in [-0.2, -0.15) is 10.2 Å². The Balaban J connectivity index is 1.86. The summed E-state index contributed by atoms with van der Waals surface area (Å²) in [5, 5.41) is 17.5. The van der Waals surface area contributed by atoms with Gasteiger partial charge in [0.1, 0.15) is 0 Å². The van der Waals surface area contributed by atoms with Crippen LogP contribution in [0.4, 0.5) is 5.69 Å². The Morgan fingerprint density at radius 3 is 2.54 bits per heavy atom. The largest absolute Gasteiger partial charge is 0.476 e. The van der Waals surface area contributed by atoms with Gasteiger partial charge in [0.2, 0.25) is 0 Å². The molecule has 7 heteroatoms. The average molecular weight is 385 g/mol. The van der Waals surface area contributed by atoms with E-state index in [4.69, 9.17) is 0 Å². The van der Waals surface area contributed by atoms with E-state index in [-0.39, 0.29) is 5.69 Å². The number of halogens is 1. The van der Waals surface area contributed by atoms with Crippen LogP contribution in [0.1, 0.15) is 16.1 Å². The minimum atomic E-state index is -1.10. The van der Waals surface area contributed by atoms with Gasteiger partial charge in [0.15, 0.2) is 5.69 Å². The number of anilines is 1. The lowest BCUT2D eigenvalue weighted by Gasteiger charge is -2.00. The molecule has 0 saturated heterocycles. The molecule has 0 radical (unpaired) electrons. The Morgan fingerprint density at radius 2 is 1.88 bits per heavy atom. The van der Waals surface area contributed by atoms with Crippen LogP contribution < -0.4 is 5.43 Å². The van der Waals surface area contributed by atoms with Gasteiger partial charge in [-0.15, -0.1) is 0 Å². The predicted molar refractivity (Wildman–Crippen MR) is 95.9 cm³/mol. The molecule has 0 spiro atoms. The topological polar surface area (TPSA) is 79.5 Å². The van der Waals surface area contributed by atoms with Crippen LogP contribution >= 0.6 is 15.9 Å². The summed E-state index contributed by atoms with van der Waals surface area (Å²) in [7, 11) is 0. The van der Waals surface area contributed by atoms with E-state index in [2.05, 4.69) is 31.6 Å². The number of hydrazone groups is 1. The van der Waals surface area contributed by atoms with Gasteiger partial charge in [-0.05, 0) is 36.4 Å². The lowest BCUT2D eigenvalue weighted by molar-refractivity contribution is 0.0690. The molecule has 2 aromatic carbocycles. The first-order valence-corrected chi connectivity index (χ1v) is 7.86. The zero-order valence-corrected chi connectivity index (χ0v) is 14.0. The Bertz CT molecular complexity index is 873. The Labute approximate surface area is 146 Å². The highest BCUT2D eigenvalue weighted by atomic mass is 79.9. The zero-order valence-electron chi connectivity index (χ0n) is 12.4. The SMILES string of the molecule is O=C(O)c1nn(-c2ccc(Br)cc2)cc1C=NNc1ccccc1. The highest BCUT2D eigenvalue weighted by Crippen LogP contribution is 2.15. The molecule has 1 aromatic heterocycles. The number of rotatable bonds is 5. The summed E-state index contributed by atoms with van der Waals surface area (Å²) >= 11 is 3.36. The fourth-order valence-electron chi connectivity index (χ4n) is 2.06. The molecule has 6 nitrogen and oxygen atoms in total. The molecule has 2 N–H and O–H groups in total. The Kier molecular flexibility index (Phi) is 4.72. The van der Waals surface area contributed by atoms with Crippen molar-refractivity contribution in [3.63, 3.8) is 0 Å². The maximum absolute atomic E-state index is 11.4. The Morgan fingerprint density at radius 1 is 1.17 bits per heavy atom. The van der Waals surface area contributed by atoms with Gasteiger partial charge in [-0.25, -0.2) is 9.48 Å². The molecule has 0 amide bonds. The lowest BCUT2D eigenvalue weighted by atomic mass is 10.2. The van der Waals surface area contributed by atoms with Gasteiger partial charge >= 0.3 is 5.97 Å². The standard InChI is InChI=1S/C17H13BrN4O2/c18-13-6-8-15(9-7-13)22-11-12(16(21-22)17(23)24)10-19-20-14-4-2-1-3-5-14/h1-11,20H,(H,23,24). The first kappa shape index (κ1) is 15.9. The monoisotopic (exact) mass is 384 g/mol. The van der Waals surface area contributed by atoms with Crippen molar-refractivity contribution >= 4 is 33.8 Å². The summed E-state index contributed by atoms with van der Waals surface area (Å²) < 4.78 is 2.45. The fourth-order valence-corrected chi connectivity index (χ4v) is 2.33. The van der Waals surface area contributed by atoms with Gasteiger partial charge in [-0.3, -0.25) is 5.43 Å². The summed E-state index contributed by atoms with van der Waals surface area (Å²) in [5.41, 5.74) is 4.77. The van der Waals surface area contributed by atoms with Crippen molar-refractivity contribution in [2.75, 3.05) is 5.43 Å². The normalized spacial score (nSPS) is 10.9. The average Bonchev–Trinajstić information content (AvgIpc) is 3.01. The van der Waals surface area contributed by atoms with E-state index in [0.717, 1.165) is 15.8 Å². The minimum Gasteiger partial charge on any atom is -0.476 e. The van der Waals surface area contributed by atoms with Gasteiger partial charge in [0, 0.05) is 16.2 Å². The number of aromatic nitrogens is 2. The second-order valence-electron chi connectivity index (χ2n) is 4.90. The number of carboxylic acid groups (broad SMARTS) is 1. The summed E-state index contributed by atoms with van der Waals surface area (Å²) in [5.74, 6) is -1.10. The van der Waals surface area contributed by atoms with Crippen molar-refractivity contribution in [3.8, 4) is 5.69 Å². The third kappa shape index (κ3) is 3.69. The third-order valence-corrected chi connectivity index (χ3v) is 3.74. The molecule has 0 unspecified atom stereocenters. The number of carbonyl (C=O) groups is 1. The number of hydrogen-bond donors (Lipinski definition) is 2. The molecule has 3 rings (SSSR count). The number of hydrogen-bond acceptors (Lipinski definition) is 4. The zero-order chi connectivity index (χ0) is 16.9. The van der Waals surface area contributed by atoms with Crippen LogP contribution in [0.2, 0.25) is 0 Å². The summed E-state index contributed by atoms with van der Waals surface area (Å²) in [6.07, 6.45) is 3.07. The Hall–Kier alpha value is -2.93. The van der Waals surface area contributed by atoms with E-state index in [1.54, 1.807) is 6.20 Å². The second kappa shape index (κ2) is 7.10. The van der Waals surface area contributed by atoms with Crippen LogP contribution in [0.3, 0.4) is 0 Å². The summed E-state index contributed by atoms with van der Waals surface area (Å²) in [4.78, 5) is 11.4. The highest BCUT2D eigenvalue weighted by Gasteiger charge is 2.15. The van der Waals surface area contributed by atoms with Crippen LogP contribution in [0.15, 0.2) is 70.4 Å². The summed E-state index contributed by atoms with van der Waals surface area (Å²) in [6.45, 7) is 0. The number of carboxylic acids is 1. The van der Waals surface area contributed by atoms with Crippen LogP contribution in [-0.2, 0) is 0 Å². The molecule has 0 saturated carbocycles. The lowest BCUT2D eigenvalue weighted by Crippen LogP contribution is -2.03. The maximum atomic E-state index is 11.4. The van der Waals surface area contributed by atoms with Gasteiger partial charge in [-0.1, -0.05) is 34.1 Å². The molecule has 0 aliphatic heterocycles. The summed E-state index contributed by atoms with van der Waals surface area (Å²) in [6, 6.07) is 16.8. The molecule has 24 heavy (non-hydrogen) atoms. The number of nitrogens with zero attached hydrogens (tertiary/aromatic N) is 3. The number of aromatic carboxylic acids is 1. The second-order valence-corrected chi connectivity index (χ2v) is 5.81. The smallest absolute Gasteiger partial charge is 0.357 e. The highest BCUT2D eigenvalue weighted by molar-refractivity contribution is 9.10. The van der Waals surface area contributed by atoms with E-state index in [1.807, 2.05) is 54.6 Å². The first-order valence-electron chi connectivity index (χ1n) is 7.06. The number of nitrogens with one attached hydrogen (secondary N) is 1. The molecule has 0 aliphatic rings. The quantitative estimate of drug-likeness (QED) is 0.518. The number of benzene rings is 2. The van der Waals surface area contributed by atoms with Crippen molar-refractivity contribution in [2.24, 2.45) is 5.10 Å². The predicted octanol–water partition coefficient (Wildman–Crippen LogP) is 3.78. The van der Waals surface area contributed by atoms with Crippen molar-refractivity contribution < 1.29 is 9.90 Å². The van der Waals surface area contributed by atoms with Crippen LogP contribution in [0.25, 0.3) is 5.69 Å². The molecular formula is C17H13BrN4O2. The van der Waals surface area contributed by atoms with Crippen molar-refractivity contribution in [3.05, 3.63) is 76.5 Å². The van der Waals surface area contributed by atoms with E-state index in [9.17, 15) is 9.90 Å². The molecule has 120 valence electrons. The van der Waals surface area contributed by atoms with Gasteiger partial charge in [0.05, 0.1) is 17.6 Å². The first-order chi connectivity index (χ1) is 11.6. The molecule has 1 heterocycles. The van der Waals surface area contributed by atoms with Crippen LogP contribution in [0.5, 0.6) is 0 Å².